The third-order valence-corrected chi connectivity index (χ3v) is 4.21. The zero-order valence-electron chi connectivity index (χ0n) is 16.2. The van der Waals surface area contributed by atoms with Gasteiger partial charge in [0.05, 0.1) is 13.2 Å². The van der Waals surface area contributed by atoms with Crippen LogP contribution in [0.5, 0.6) is 17.2 Å². The SMILES string of the molecule is C[C@H](OC(=O)/C=C/c1ccc2c(c1)OCCCO2)C(=O)c1ccc(OC(F)F)cc1. The summed E-state index contributed by atoms with van der Waals surface area (Å²) < 4.78 is 44.9. The molecular formula is C22H20F2O6. The van der Waals surface area contributed by atoms with Crippen molar-refractivity contribution < 1.29 is 37.3 Å². The van der Waals surface area contributed by atoms with Gasteiger partial charge in [-0.1, -0.05) is 6.07 Å². The van der Waals surface area contributed by atoms with E-state index < -0.39 is 24.5 Å². The summed E-state index contributed by atoms with van der Waals surface area (Å²) in [6.45, 7) is -0.373. The van der Waals surface area contributed by atoms with E-state index in [1.54, 1.807) is 24.3 Å². The maximum Gasteiger partial charge on any atom is 0.387 e. The van der Waals surface area contributed by atoms with Gasteiger partial charge in [0.15, 0.2) is 17.6 Å². The summed E-state index contributed by atoms with van der Waals surface area (Å²) in [5, 5.41) is 0. The van der Waals surface area contributed by atoms with Gasteiger partial charge in [0.25, 0.3) is 0 Å². The first-order valence-electron chi connectivity index (χ1n) is 9.30. The summed E-state index contributed by atoms with van der Waals surface area (Å²) in [5.74, 6) is 0.0306. The van der Waals surface area contributed by atoms with Crippen LogP contribution < -0.4 is 14.2 Å². The molecule has 1 aliphatic heterocycles. The topological polar surface area (TPSA) is 71.1 Å². The van der Waals surface area contributed by atoms with Crippen LogP contribution in [0, 0.1) is 0 Å². The Morgan fingerprint density at radius 3 is 2.43 bits per heavy atom. The molecule has 8 heteroatoms. The summed E-state index contributed by atoms with van der Waals surface area (Å²) >= 11 is 0. The fourth-order valence-electron chi connectivity index (χ4n) is 2.75. The molecule has 0 aliphatic carbocycles. The molecule has 0 N–H and O–H groups in total. The molecule has 3 rings (SSSR count). The molecule has 30 heavy (non-hydrogen) atoms. The summed E-state index contributed by atoms with van der Waals surface area (Å²) in [4.78, 5) is 24.4. The third kappa shape index (κ3) is 5.79. The number of ether oxygens (including phenoxy) is 4. The lowest BCUT2D eigenvalue weighted by molar-refractivity contribution is -0.140. The highest BCUT2D eigenvalue weighted by Gasteiger charge is 2.19. The minimum atomic E-state index is -2.95. The minimum Gasteiger partial charge on any atom is -0.490 e. The van der Waals surface area contributed by atoms with Crippen molar-refractivity contribution in [3.05, 3.63) is 59.7 Å². The number of ketones is 1. The fraction of sp³-hybridized carbons (Fsp3) is 0.273. The Labute approximate surface area is 172 Å². The van der Waals surface area contributed by atoms with Gasteiger partial charge in [0, 0.05) is 18.1 Å². The average molecular weight is 418 g/mol. The first-order valence-corrected chi connectivity index (χ1v) is 9.30. The highest BCUT2D eigenvalue weighted by molar-refractivity contribution is 6.01. The van der Waals surface area contributed by atoms with E-state index in [-0.39, 0.29) is 11.3 Å². The van der Waals surface area contributed by atoms with E-state index in [9.17, 15) is 18.4 Å². The number of carbonyl (C=O) groups excluding carboxylic acids is 2. The van der Waals surface area contributed by atoms with Crippen molar-refractivity contribution in [3.8, 4) is 17.2 Å². The Bertz CT molecular complexity index is 924. The van der Waals surface area contributed by atoms with Crippen LogP contribution in [0.1, 0.15) is 29.3 Å². The molecule has 0 bridgehead atoms. The van der Waals surface area contributed by atoms with Crippen molar-refractivity contribution in [2.24, 2.45) is 0 Å². The fourth-order valence-corrected chi connectivity index (χ4v) is 2.75. The van der Waals surface area contributed by atoms with Crippen molar-refractivity contribution in [1.82, 2.24) is 0 Å². The van der Waals surface area contributed by atoms with Gasteiger partial charge in [0.2, 0.25) is 5.78 Å². The number of alkyl halides is 2. The molecule has 0 radical (unpaired) electrons. The zero-order chi connectivity index (χ0) is 21.5. The van der Waals surface area contributed by atoms with E-state index >= 15 is 0 Å². The van der Waals surface area contributed by atoms with E-state index in [0.717, 1.165) is 6.42 Å². The highest BCUT2D eigenvalue weighted by Crippen LogP contribution is 2.30. The van der Waals surface area contributed by atoms with Gasteiger partial charge >= 0.3 is 12.6 Å². The number of halogens is 2. The van der Waals surface area contributed by atoms with Gasteiger partial charge in [-0.3, -0.25) is 4.79 Å². The van der Waals surface area contributed by atoms with Crippen molar-refractivity contribution in [3.63, 3.8) is 0 Å². The van der Waals surface area contributed by atoms with Crippen molar-refractivity contribution in [2.45, 2.75) is 26.1 Å². The van der Waals surface area contributed by atoms with Crippen LogP contribution in [0.2, 0.25) is 0 Å². The molecule has 0 unspecified atom stereocenters. The van der Waals surface area contributed by atoms with Crippen LogP contribution in [-0.4, -0.2) is 37.7 Å². The van der Waals surface area contributed by atoms with Crippen LogP contribution in [0.3, 0.4) is 0 Å². The van der Waals surface area contributed by atoms with Crippen LogP contribution in [0.25, 0.3) is 6.08 Å². The lowest BCUT2D eigenvalue weighted by Crippen LogP contribution is -2.23. The van der Waals surface area contributed by atoms with Crippen molar-refractivity contribution in [1.29, 1.82) is 0 Å². The lowest BCUT2D eigenvalue weighted by atomic mass is 10.1. The van der Waals surface area contributed by atoms with Gasteiger partial charge in [0.1, 0.15) is 5.75 Å². The summed E-state index contributed by atoms with van der Waals surface area (Å²) in [7, 11) is 0. The van der Waals surface area contributed by atoms with Crippen molar-refractivity contribution >= 4 is 17.8 Å². The maximum absolute atomic E-state index is 12.4. The highest BCUT2D eigenvalue weighted by atomic mass is 19.3. The number of fused-ring (bicyclic) bond motifs is 1. The number of Topliss-reactive ketones (excluding diaryl/α,β-unsaturated/α-hetero) is 1. The summed E-state index contributed by atoms with van der Waals surface area (Å²) in [6, 6.07) is 10.4. The number of esters is 1. The molecule has 0 saturated carbocycles. The maximum atomic E-state index is 12.4. The quantitative estimate of drug-likeness (QED) is 0.380. The van der Waals surface area contributed by atoms with Crippen LogP contribution in [0.4, 0.5) is 8.78 Å². The molecule has 1 atom stereocenters. The molecular weight excluding hydrogens is 398 g/mol. The van der Waals surface area contributed by atoms with Crippen LogP contribution in [-0.2, 0) is 9.53 Å². The first-order chi connectivity index (χ1) is 14.4. The molecule has 1 aliphatic rings. The molecule has 1 heterocycles. The van der Waals surface area contributed by atoms with E-state index in [1.165, 1.54) is 37.3 Å². The molecule has 6 nitrogen and oxygen atoms in total. The Morgan fingerprint density at radius 1 is 1.03 bits per heavy atom. The predicted molar refractivity (Wildman–Crippen MR) is 104 cm³/mol. The smallest absolute Gasteiger partial charge is 0.387 e. The molecule has 2 aromatic carbocycles. The number of rotatable bonds is 7. The second kappa shape index (κ2) is 9.87. The Morgan fingerprint density at radius 2 is 1.73 bits per heavy atom. The van der Waals surface area contributed by atoms with E-state index in [2.05, 4.69) is 4.74 Å². The minimum absolute atomic E-state index is 0.0655. The van der Waals surface area contributed by atoms with Gasteiger partial charge in [-0.25, -0.2) is 4.79 Å². The van der Waals surface area contributed by atoms with E-state index in [1.807, 2.05) is 0 Å². The summed E-state index contributed by atoms with van der Waals surface area (Å²) in [6.07, 6.45) is 2.50. The average Bonchev–Trinajstić information content (AvgIpc) is 2.96. The van der Waals surface area contributed by atoms with Gasteiger partial charge in [-0.2, -0.15) is 8.78 Å². The lowest BCUT2D eigenvalue weighted by Gasteiger charge is -2.11. The second-order valence-electron chi connectivity index (χ2n) is 6.44. The second-order valence-corrected chi connectivity index (χ2v) is 6.44. The molecule has 0 fully saturated rings. The standard InChI is InChI=1S/C22H20F2O6/c1-14(21(26)16-5-7-17(8-6-16)30-22(23)24)29-20(25)10-4-15-3-9-18-19(13-15)28-12-2-11-27-18/h3-10,13-14,22H,2,11-12H2,1H3/b10-4+/t14-/m0/s1. The van der Waals surface area contributed by atoms with Gasteiger partial charge < -0.3 is 18.9 Å². The summed E-state index contributed by atoms with van der Waals surface area (Å²) in [5.41, 5.74) is 0.925. The van der Waals surface area contributed by atoms with Crippen molar-refractivity contribution in [2.75, 3.05) is 13.2 Å². The Kier molecular flexibility index (Phi) is 7.00. The van der Waals surface area contributed by atoms with E-state index in [0.29, 0.717) is 30.3 Å². The first kappa shape index (κ1) is 21.3. The number of hydrogen-bond acceptors (Lipinski definition) is 6. The Hall–Kier alpha value is -3.42. The van der Waals surface area contributed by atoms with Crippen LogP contribution >= 0.6 is 0 Å². The van der Waals surface area contributed by atoms with Crippen LogP contribution in [0.15, 0.2) is 48.5 Å². The Balaban J connectivity index is 1.57. The number of carbonyl (C=O) groups is 2. The largest absolute Gasteiger partial charge is 0.490 e. The third-order valence-electron chi connectivity index (χ3n) is 4.21. The van der Waals surface area contributed by atoms with Gasteiger partial charge in [-0.05, 0) is 55.0 Å². The predicted octanol–water partition coefficient (Wildman–Crippen LogP) is 4.28. The van der Waals surface area contributed by atoms with E-state index in [4.69, 9.17) is 14.2 Å². The molecule has 2 aromatic rings. The van der Waals surface area contributed by atoms with Gasteiger partial charge in [-0.15, -0.1) is 0 Å². The monoisotopic (exact) mass is 418 g/mol. The molecule has 158 valence electrons. The molecule has 0 aromatic heterocycles. The zero-order valence-corrected chi connectivity index (χ0v) is 16.2. The molecule has 0 spiro atoms. The number of benzene rings is 2. The number of hydrogen-bond donors (Lipinski definition) is 0. The molecule has 0 saturated heterocycles. The normalized spacial score (nSPS) is 14.3. The molecule has 0 amide bonds.